The van der Waals surface area contributed by atoms with E-state index in [4.69, 9.17) is 9.79 Å². The minimum absolute atomic E-state index is 0.200. The number of hydrogen-bond acceptors (Lipinski definition) is 3. The van der Waals surface area contributed by atoms with E-state index in [1.807, 2.05) is 0 Å². The second kappa shape index (κ2) is 6.11. The Balaban J connectivity index is 2.41. The van der Waals surface area contributed by atoms with Gasteiger partial charge < -0.3 is 19.8 Å². The molecule has 7 nitrogen and oxygen atoms in total. The van der Waals surface area contributed by atoms with Gasteiger partial charge in [-0.3, -0.25) is 14.2 Å². The molecule has 0 aliphatic rings. The number of allylic oxidation sites excluding steroid dienone is 1. The Morgan fingerprint density at radius 1 is 1.19 bits per heavy atom. The normalized spacial score (nSPS) is 12.3. The van der Waals surface area contributed by atoms with Crippen LogP contribution in [0.25, 0.3) is 17.1 Å². The fourth-order valence-corrected chi connectivity index (χ4v) is 2.76. The second-order valence-corrected chi connectivity index (χ2v) is 7.10. The lowest BCUT2D eigenvalue weighted by Gasteiger charge is -2.04. The SMILES string of the molecule is O=c1[nH]c2cc(Br)cc(/C=C/CCP(=O)(O)O)c2[nH]c1=O. The molecule has 0 amide bonds. The molecule has 0 saturated heterocycles. The van der Waals surface area contributed by atoms with Gasteiger partial charge >= 0.3 is 18.7 Å². The number of rotatable bonds is 4. The summed E-state index contributed by atoms with van der Waals surface area (Å²) in [5.41, 5.74) is 0.0454. The fourth-order valence-electron chi connectivity index (χ4n) is 1.80. The van der Waals surface area contributed by atoms with E-state index in [9.17, 15) is 14.2 Å². The van der Waals surface area contributed by atoms with Gasteiger partial charge in [-0.1, -0.05) is 28.1 Å². The van der Waals surface area contributed by atoms with Crippen LogP contribution in [-0.4, -0.2) is 25.9 Å². The number of aromatic nitrogens is 2. The maximum Gasteiger partial charge on any atom is 0.325 e. The van der Waals surface area contributed by atoms with Gasteiger partial charge in [-0.25, -0.2) is 0 Å². The van der Waals surface area contributed by atoms with E-state index in [0.717, 1.165) is 0 Å². The standard InChI is InChI=1S/C12H12BrN2O5P/c13-8-5-7(3-1-2-4-21(18,19)20)10-9(6-8)14-11(16)12(17)15-10/h1,3,5-6H,2,4H2,(H,14,16)(H,15,17)(H2,18,19,20)/b3-1+. The number of hydrogen-bond donors (Lipinski definition) is 4. The Morgan fingerprint density at radius 2 is 1.86 bits per heavy atom. The third kappa shape index (κ3) is 4.25. The van der Waals surface area contributed by atoms with Gasteiger partial charge in [-0.05, 0) is 18.6 Å². The van der Waals surface area contributed by atoms with Crippen LogP contribution in [0.15, 0.2) is 32.3 Å². The summed E-state index contributed by atoms with van der Waals surface area (Å²) in [6.07, 6.45) is 3.19. The largest absolute Gasteiger partial charge is 0.325 e. The van der Waals surface area contributed by atoms with Crippen molar-refractivity contribution in [2.24, 2.45) is 0 Å². The summed E-state index contributed by atoms with van der Waals surface area (Å²) in [4.78, 5) is 45.2. The van der Waals surface area contributed by atoms with Crippen molar-refractivity contribution in [3.8, 4) is 0 Å². The minimum atomic E-state index is -4.02. The number of H-pyrrole nitrogens is 2. The predicted molar refractivity (Wildman–Crippen MR) is 83.5 cm³/mol. The van der Waals surface area contributed by atoms with Crippen molar-refractivity contribution in [3.05, 3.63) is 49.0 Å². The third-order valence-corrected chi connectivity index (χ3v) is 4.01. The highest BCUT2D eigenvalue weighted by Gasteiger charge is 2.10. The van der Waals surface area contributed by atoms with Crippen molar-refractivity contribution in [3.63, 3.8) is 0 Å². The summed E-state index contributed by atoms with van der Waals surface area (Å²) >= 11 is 3.29. The molecular formula is C12H12BrN2O5P. The number of aromatic amines is 2. The van der Waals surface area contributed by atoms with Crippen LogP contribution in [0.3, 0.4) is 0 Å². The van der Waals surface area contributed by atoms with Crippen molar-refractivity contribution >= 4 is 40.6 Å². The number of halogens is 1. The molecule has 0 saturated carbocycles. The average Bonchev–Trinajstić information content (AvgIpc) is 2.35. The zero-order valence-electron chi connectivity index (χ0n) is 10.7. The van der Waals surface area contributed by atoms with Gasteiger partial charge in [0.05, 0.1) is 17.2 Å². The molecule has 21 heavy (non-hydrogen) atoms. The van der Waals surface area contributed by atoms with Crippen LogP contribution in [0.2, 0.25) is 0 Å². The summed E-state index contributed by atoms with van der Waals surface area (Å²) in [5.74, 6) is 0. The molecule has 2 aromatic rings. The molecule has 0 radical (unpaired) electrons. The fraction of sp³-hybridized carbons (Fsp3) is 0.167. The highest BCUT2D eigenvalue weighted by Crippen LogP contribution is 2.35. The molecule has 112 valence electrons. The Labute approximate surface area is 127 Å². The molecule has 9 heteroatoms. The Morgan fingerprint density at radius 3 is 2.52 bits per heavy atom. The van der Waals surface area contributed by atoms with Gasteiger partial charge in [0.1, 0.15) is 0 Å². The van der Waals surface area contributed by atoms with Crippen molar-refractivity contribution in [1.82, 2.24) is 9.97 Å². The van der Waals surface area contributed by atoms with Crippen molar-refractivity contribution in [2.45, 2.75) is 6.42 Å². The quantitative estimate of drug-likeness (QED) is 0.477. The molecule has 1 heterocycles. The van der Waals surface area contributed by atoms with E-state index >= 15 is 0 Å². The first-order valence-corrected chi connectivity index (χ1v) is 8.52. The van der Waals surface area contributed by atoms with E-state index < -0.39 is 18.7 Å². The molecule has 0 atom stereocenters. The minimum Gasteiger partial charge on any atom is -0.324 e. The van der Waals surface area contributed by atoms with E-state index in [-0.39, 0.29) is 12.6 Å². The first-order chi connectivity index (χ1) is 9.76. The average molecular weight is 375 g/mol. The number of fused-ring (bicyclic) bond motifs is 1. The third-order valence-electron chi connectivity index (χ3n) is 2.71. The molecule has 0 spiro atoms. The zero-order valence-corrected chi connectivity index (χ0v) is 13.1. The Kier molecular flexibility index (Phi) is 4.63. The molecule has 1 aromatic heterocycles. The first kappa shape index (κ1) is 15.9. The van der Waals surface area contributed by atoms with Crippen molar-refractivity contribution in [2.75, 3.05) is 6.16 Å². The van der Waals surface area contributed by atoms with Crippen LogP contribution in [-0.2, 0) is 4.57 Å². The van der Waals surface area contributed by atoms with Gasteiger partial charge in [-0.15, -0.1) is 0 Å². The molecule has 0 aliphatic heterocycles. The van der Waals surface area contributed by atoms with Crippen LogP contribution < -0.4 is 11.1 Å². The summed E-state index contributed by atoms with van der Waals surface area (Å²) in [6.45, 7) is 0. The highest BCUT2D eigenvalue weighted by atomic mass is 79.9. The molecule has 0 fully saturated rings. The maximum atomic E-state index is 11.4. The Hall–Kier alpha value is -1.47. The van der Waals surface area contributed by atoms with Crippen molar-refractivity contribution < 1.29 is 14.4 Å². The number of nitrogens with one attached hydrogen (secondary N) is 2. The van der Waals surface area contributed by atoms with Gasteiger partial charge in [0.2, 0.25) is 0 Å². The first-order valence-electron chi connectivity index (χ1n) is 5.93. The summed E-state index contributed by atoms with van der Waals surface area (Å²) in [7, 11) is -4.02. The van der Waals surface area contributed by atoms with Crippen LogP contribution in [0, 0.1) is 0 Å². The molecule has 0 bridgehead atoms. The van der Waals surface area contributed by atoms with Crippen LogP contribution in [0.4, 0.5) is 0 Å². The van der Waals surface area contributed by atoms with Gasteiger partial charge in [0.15, 0.2) is 0 Å². The molecule has 0 aliphatic carbocycles. The predicted octanol–water partition coefficient (Wildman–Crippen LogP) is 1.56. The molecular weight excluding hydrogens is 363 g/mol. The van der Waals surface area contributed by atoms with E-state index in [1.54, 1.807) is 24.3 Å². The Bertz CT molecular complexity index is 864. The van der Waals surface area contributed by atoms with Crippen molar-refractivity contribution in [1.29, 1.82) is 0 Å². The van der Waals surface area contributed by atoms with Crippen LogP contribution in [0.5, 0.6) is 0 Å². The number of benzene rings is 1. The lowest BCUT2D eigenvalue weighted by Crippen LogP contribution is -2.29. The lowest BCUT2D eigenvalue weighted by atomic mass is 10.1. The van der Waals surface area contributed by atoms with Gasteiger partial charge in [0, 0.05) is 10.0 Å². The van der Waals surface area contributed by atoms with Crippen LogP contribution >= 0.6 is 23.5 Å². The van der Waals surface area contributed by atoms with E-state index in [0.29, 0.717) is 21.1 Å². The monoisotopic (exact) mass is 374 g/mol. The van der Waals surface area contributed by atoms with E-state index in [1.165, 1.54) is 0 Å². The molecule has 2 rings (SSSR count). The maximum absolute atomic E-state index is 11.4. The van der Waals surface area contributed by atoms with Gasteiger partial charge in [-0.2, -0.15) is 0 Å². The highest BCUT2D eigenvalue weighted by molar-refractivity contribution is 9.10. The molecule has 0 unspecified atom stereocenters. The summed E-state index contributed by atoms with van der Waals surface area (Å²) < 4.78 is 11.5. The smallest absolute Gasteiger partial charge is 0.324 e. The second-order valence-electron chi connectivity index (χ2n) is 4.41. The molecule has 1 aromatic carbocycles. The summed E-state index contributed by atoms with van der Waals surface area (Å²) in [5, 5.41) is 0. The topological polar surface area (TPSA) is 123 Å². The molecule has 4 N–H and O–H groups in total. The summed E-state index contributed by atoms with van der Waals surface area (Å²) in [6, 6.07) is 3.38. The zero-order chi connectivity index (χ0) is 15.6. The van der Waals surface area contributed by atoms with Gasteiger partial charge in [0.25, 0.3) is 0 Å². The van der Waals surface area contributed by atoms with E-state index in [2.05, 4.69) is 25.9 Å². The lowest BCUT2D eigenvalue weighted by molar-refractivity contribution is 0.373. The van der Waals surface area contributed by atoms with Crippen LogP contribution in [0.1, 0.15) is 12.0 Å².